The molecule has 0 fully saturated rings. The third-order valence-corrected chi connectivity index (χ3v) is 5.89. The average molecular weight is 472 g/mol. The van der Waals surface area contributed by atoms with Crippen LogP contribution >= 0.6 is 46.6 Å². The lowest BCUT2D eigenvalue weighted by molar-refractivity contribution is -0.113. The predicted octanol–water partition coefficient (Wildman–Crippen LogP) is 5.39. The first-order chi connectivity index (χ1) is 13.8. The van der Waals surface area contributed by atoms with Crippen LogP contribution in [0, 0.1) is 6.92 Å². The van der Waals surface area contributed by atoms with Crippen LogP contribution in [0.5, 0.6) is 5.75 Å². The van der Waals surface area contributed by atoms with Crippen LogP contribution in [-0.4, -0.2) is 26.4 Å². The number of benzene rings is 2. The van der Waals surface area contributed by atoms with Crippen molar-refractivity contribution in [2.45, 2.75) is 18.7 Å². The normalized spacial score (nSPS) is 10.8. The van der Waals surface area contributed by atoms with Crippen LogP contribution in [0.4, 0.5) is 5.69 Å². The lowest BCUT2D eigenvalue weighted by atomic mass is 10.2. The van der Waals surface area contributed by atoms with Gasteiger partial charge in [0.15, 0.2) is 11.0 Å². The quantitative estimate of drug-likeness (QED) is 0.468. The van der Waals surface area contributed by atoms with Crippen molar-refractivity contribution in [1.29, 1.82) is 0 Å². The lowest BCUT2D eigenvalue weighted by Crippen LogP contribution is -2.15. The second kappa shape index (κ2) is 9.71. The maximum atomic E-state index is 12.2. The van der Waals surface area contributed by atoms with Gasteiger partial charge in [-0.15, -0.1) is 10.2 Å². The van der Waals surface area contributed by atoms with Crippen LogP contribution < -0.4 is 10.1 Å². The standard InChI is InChI=1S/C19H17Cl3N4O2S/c1-11-6-7-12(20)15(8-11)28-9-16-24-25-19(26(16)2)29-10-17(27)23-18-13(21)4-3-5-14(18)22/h3-8H,9-10H2,1-2H3,(H,23,27). The number of aromatic nitrogens is 3. The average Bonchev–Trinajstić information content (AvgIpc) is 3.03. The Morgan fingerprint density at radius 2 is 1.86 bits per heavy atom. The van der Waals surface area contributed by atoms with Crippen LogP contribution in [0.3, 0.4) is 0 Å². The molecule has 1 aromatic heterocycles. The molecule has 0 saturated carbocycles. The SMILES string of the molecule is Cc1ccc(Cl)c(OCc2nnc(SCC(=O)Nc3c(Cl)cccc3Cl)n2C)c1. The number of anilines is 1. The molecule has 0 atom stereocenters. The third-order valence-electron chi connectivity index (χ3n) is 3.93. The monoisotopic (exact) mass is 470 g/mol. The first-order valence-corrected chi connectivity index (χ1v) is 10.6. The number of hydrogen-bond donors (Lipinski definition) is 1. The van der Waals surface area contributed by atoms with Crippen LogP contribution in [0.1, 0.15) is 11.4 Å². The van der Waals surface area contributed by atoms with E-state index in [2.05, 4.69) is 15.5 Å². The van der Waals surface area contributed by atoms with Crippen molar-refractivity contribution in [3.05, 3.63) is 62.9 Å². The van der Waals surface area contributed by atoms with Gasteiger partial charge < -0.3 is 14.6 Å². The van der Waals surface area contributed by atoms with Crippen molar-refractivity contribution in [2.75, 3.05) is 11.1 Å². The van der Waals surface area contributed by atoms with Crippen LogP contribution in [-0.2, 0) is 18.4 Å². The van der Waals surface area contributed by atoms with Crippen molar-refractivity contribution in [1.82, 2.24) is 14.8 Å². The molecule has 1 N–H and O–H groups in total. The number of aryl methyl sites for hydroxylation is 1. The maximum absolute atomic E-state index is 12.2. The number of nitrogens with one attached hydrogen (secondary N) is 1. The van der Waals surface area contributed by atoms with Gasteiger partial charge in [0.05, 0.1) is 26.5 Å². The van der Waals surface area contributed by atoms with Crippen molar-refractivity contribution >= 4 is 58.2 Å². The highest BCUT2D eigenvalue weighted by Crippen LogP contribution is 2.30. The van der Waals surface area contributed by atoms with Crippen LogP contribution in [0.25, 0.3) is 0 Å². The van der Waals surface area contributed by atoms with Crippen LogP contribution in [0.15, 0.2) is 41.6 Å². The number of rotatable bonds is 7. The molecule has 3 rings (SSSR count). The minimum atomic E-state index is -0.252. The van der Waals surface area contributed by atoms with Crippen molar-refractivity contribution in [2.24, 2.45) is 7.05 Å². The molecular weight excluding hydrogens is 455 g/mol. The highest BCUT2D eigenvalue weighted by Gasteiger charge is 2.14. The van der Waals surface area contributed by atoms with E-state index in [0.29, 0.717) is 37.5 Å². The number of nitrogens with zero attached hydrogens (tertiary/aromatic N) is 3. The van der Waals surface area contributed by atoms with Gasteiger partial charge >= 0.3 is 0 Å². The van der Waals surface area contributed by atoms with Gasteiger partial charge in [-0.25, -0.2) is 0 Å². The lowest BCUT2D eigenvalue weighted by Gasteiger charge is -2.09. The van der Waals surface area contributed by atoms with Crippen LogP contribution in [0.2, 0.25) is 15.1 Å². The fourth-order valence-corrected chi connectivity index (χ4v) is 3.78. The predicted molar refractivity (Wildman–Crippen MR) is 117 cm³/mol. The molecule has 0 spiro atoms. The molecule has 29 heavy (non-hydrogen) atoms. The van der Waals surface area contributed by atoms with E-state index >= 15 is 0 Å². The summed E-state index contributed by atoms with van der Waals surface area (Å²) in [7, 11) is 1.81. The van der Waals surface area contributed by atoms with E-state index in [1.807, 2.05) is 26.1 Å². The maximum Gasteiger partial charge on any atom is 0.234 e. The number of halogens is 3. The summed E-state index contributed by atoms with van der Waals surface area (Å²) in [6.07, 6.45) is 0. The molecule has 0 bridgehead atoms. The Labute approximate surface area is 187 Å². The van der Waals surface area contributed by atoms with Gasteiger partial charge in [-0.2, -0.15) is 0 Å². The fraction of sp³-hybridized carbons (Fsp3) is 0.211. The minimum Gasteiger partial charge on any atom is -0.484 e. The Hall–Kier alpha value is -1.93. The Kier molecular flexibility index (Phi) is 7.29. The molecule has 0 aliphatic carbocycles. The molecule has 0 saturated heterocycles. The van der Waals surface area contributed by atoms with Crippen molar-refractivity contribution in [3.63, 3.8) is 0 Å². The molecule has 10 heteroatoms. The molecule has 0 aliphatic heterocycles. The number of hydrogen-bond acceptors (Lipinski definition) is 5. The van der Waals surface area contributed by atoms with Gasteiger partial charge in [-0.1, -0.05) is 58.7 Å². The molecule has 2 aromatic carbocycles. The number of ether oxygens (including phenoxy) is 1. The summed E-state index contributed by atoms with van der Waals surface area (Å²) in [6, 6.07) is 10.6. The molecule has 0 aliphatic rings. The Morgan fingerprint density at radius 1 is 1.14 bits per heavy atom. The molecular formula is C19H17Cl3N4O2S. The molecule has 6 nitrogen and oxygen atoms in total. The second-order valence-electron chi connectivity index (χ2n) is 6.11. The Bertz CT molecular complexity index is 1020. The van der Waals surface area contributed by atoms with Gasteiger partial charge in [0.25, 0.3) is 0 Å². The summed E-state index contributed by atoms with van der Waals surface area (Å²) in [5, 5.41) is 12.8. The molecule has 152 valence electrons. The highest BCUT2D eigenvalue weighted by atomic mass is 35.5. The first kappa shape index (κ1) is 21.8. The zero-order valence-electron chi connectivity index (χ0n) is 15.6. The van der Waals surface area contributed by atoms with E-state index in [0.717, 1.165) is 5.56 Å². The number of para-hydroxylation sites is 1. The summed E-state index contributed by atoms with van der Waals surface area (Å²) in [4.78, 5) is 12.2. The van der Waals surface area contributed by atoms with Crippen molar-refractivity contribution < 1.29 is 9.53 Å². The smallest absolute Gasteiger partial charge is 0.234 e. The largest absolute Gasteiger partial charge is 0.484 e. The highest BCUT2D eigenvalue weighted by molar-refractivity contribution is 7.99. The van der Waals surface area contributed by atoms with E-state index in [1.54, 1.807) is 28.8 Å². The number of thioether (sulfide) groups is 1. The van der Waals surface area contributed by atoms with Gasteiger partial charge in [-0.3, -0.25) is 4.79 Å². The van der Waals surface area contributed by atoms with E-state index in [-0.39, 0.29) is 18.3 Å². The summed E-state index contributed by atoms with van der Waals surface area (Å²) in [6.45, 7) is 2.16. The van der Waals surface area contributed by atoms with E-state index in [4.69, 9.17) is 39.5 Å². The van der Waals surface area contributed by atoms with Gasteiger partial charge in [0.2, 0.25) is 5.91 Å². The molecule has 1 heterocycles. The fourth-order valence-electron chi connectivity index (χ4n) is 2.38. The summed E-state index contributed by atoms with van der Waals surface area (Å²) in [5.74, 6) is 1.06. The molecule has 0 unspecified atom stereocenters. The zero-order chi connectivity index (χ0) is 21.0. The Balaban J connectivity index is 1.58. The Morgan fingerprint density at radius 3 is 2.59 bits per heavy atom. The zero-order valence-corrected chi connectivity index (χ0v) is 18.7. The van der Waals surface area contributed by atoms with Gasteiger partial charge in [-0.05, 0) is 36.8 Å². The van der Waals surface area contributed by atoms with E-state index < -0.39 is 0 Å². The molecule has 0 radical (unpaired) electrons. The first-order valence-electron chi connectivity index (χ1n) is 8.49. The summed E-state index contributed by atoms with van der Waals surface area (Å²) < 4.78 is 7.52. The van der Waals surface area contributed by atoms with E-state index in [1.165, 1.54) is 11.8 Å². The van der Waals surface area contributed by atoms with Gasteiger partial charge in [0, 0.05) is 7.05 Å². The second-order valence-corrected chi connectivity index (χ2v) is 8.28. The topological polar surface area (TPSA) is 69.0 Å². The summed E-state index contributed by atoms with van der Waals surface area (Å²) >= 11 is 19.5. The number of carbonyl (C=O) groups excluding carboxylic acids is 1. The van der Waals surface area contributed by atoms with E-state index in [9.17, 15) is 4.79 Å². The molecule has 3 aromatic rings. The number of amides is 1. The third kappa shape index (κ3) is 5.57. The molecule has 1 amide bonds. The van der Waals surface area contributed by atoms with Crippen molar-refractivity contribution in [3.8, 4) is 5.75 Å². The number of carbonyl (C=O) groups is 1. The minimum absolute atomic E-state index is 0.123. The van der Waals surface area contributed by atoms with Gasteiger partial charge in [0.1, 0.15) is 12.4 Å². The summed E-state index contributed by atoms with van der Waals surface area (Å²) in [5.41, 5.74) is 1.44.